The topological polar surface area (TPSA) is 29.5 Å². The van der Waals surface area contributed by atoms with E-state index in [1.54, 1.807) is 0 Å². The Bertz CT molecular complexity index is 558. The third-order valence-electron chi connectivity index (χ3n) is 3.72. The molecule has 0 radical (unpaired) electrons. The van der Waals surface area contributed by atoms with Gasteiger partial charge in [-0.2, -0.15) is 0 Å². The minimum atomic E-state index is 0.298. The van der Waals surface area contributed by atoms with Gasteiger partial charge in [0.2, 0.25) is 0 Å². The summed E-state index contributed by atoms with van der Waals surface area (Å²) in [5, 5.41) is 8.71. The van der Waals surface area contributed by atoms with Crippen molar-refractivity contribution in [3.8, 4) is 5.75 Å². The molecule has 2 rings (SSSR count). The molecule has 2 aromatic carbocycles. The molecule has 0 atom stereocenters. The SMILES string of the molecule is OCCCC/C=C/CCc1ccc(OCc2ccccc2)cc1. The number of ether oxygens (including phenoxy) is 1. The Morgan fingerprint density at radius 3 is 2.26 bits per heavy atom. The number of allylic oxidation sites excluding steroid dienone is 2. The molecule has 0 aliphatic rings. The van der Waals surface area contributed by atoms with E-state index in [-0.39, 0.29) is 0 Å². The largest absolute Gasteiger partial charge is 0.489 e. The summed E-state index contributed by atoms with van der Waals surface area (Å²) in [7, 11) is 0. The maximum Gasteiger partial charge on any atom is 0.119 e. The molecule has 0 aliphatic carbocycles. The van der Waals surface area contributed by atoms with Crippen molar-refractivity contribution >= 4 is 0 Å². The van der Waals surface area contributed by atoms with Crippen molar-refractivity contribution in [2.24, 2.45) is 0 Å². The second-order valence-corrected chi connectivity index (χ2v) is 5.65. The summed E-state index contributed by atoms with van der Waals surface area (Å²) >= 11 is 0. The maximum absolute atomic E-state index is 8.71. The molecule has 2 nitrogen and oxygen atoms in total. The van der Waals surface area contributed by atoms with Crippen molar-refractivity contribution in [2.75, 3.05) is 6.61 Å². The van der Waals surface area contributed by atoms with Crippen LogP contribution in [-0.2, 0) is 13.0 Å². The number of hydrogen-bond donors (Lipinski definition) is 1. The van der Waals surface area contributed by atoms with E-state index in [1.165, 1.54) is 11.1 Å². The fourth-order valence-electron chi connectivity index (χ4n) is 2.35. The summed E-state index contributed by atoms with van der Waals surface area (Å²) in [5.41, 5.74) is 2.51. The van der Waals surface area contributed by atoms with Gasteiger partial charge in [0.05, 0.1) is 0 Å². The lowest BCUT2D eigenvalue weighted by molar-refractivity contribution is 0.285. The minimum Gasteiger partial charge on any atom is -0.489 e. The summed E-state index contributed by atoms with van der Waals surface area (Å²) in [6, 6.07) is 18.6. The summed E-state index contributed by atoms with van der Waals surface area (Å²) in [4.78, 5) is 0. The molecule has 122 valence electrons. The monoisotopic (exact) mass is 310 g/mol. The third-order valence-corrected chi connectivity index (χ3v) is 3.72. The summed E-state index contributed by atoms with van der Waals surface area (Å²) in [6.45, 7) is 0.906. The molecule has 0 bridgehead atoms. The highest BCUT2D eigenvalue weighted by atomic mass is 16.5. The molecule has 1 N–H and O–H groups in total. The molecule has 0 amide bonds. The van der Waals surface area contributed by atoms with E-state index in [4.69, 9.17) is 9.84 Å². The Kier molecular flexibility index (Phi) is 7.99. The first-order valence-electron chi connectivity index (χ1n) is 8.40. The van der Waals surface area contributed by atoms with Gasteiger partial charge in [-0.25, -0.2) is 0 Å². The average molecular weight is 310 g/mol. The van der Waals surface area contributed by atoms with E-state index in [0.29, 0.717) is 13.2 Å². The molecule has 0 unspecified atom stereocenters. The molecule has 0 fully saturated rings. The van der Waals surface area contributed by atoms with Crippen LogP contribution in [0.5, 0.6) is 5.75 Å². The molecule has 0 spiro atoms. The lowest BCUT2D eigenvalue weighted by Crippen LogP contribution is -1.95. The van der Waals surface area contributed by atoms with Gasteiger partial charge in [0.15, 0.2) is 0 Å². The van der Waals surface area contributed by atoms with E-state index < -0.39 is 0 Å². The fourth-order valence-corrected chi connectivity index (χ4v) is 2.35. The Balaban J connectivity index is 1.68. The predicted molar refractivity (Wildman–Crippen MR) is 95.6 cm³/mol. The van der Waals surface area contributed by atoms with Crippen LogP contribution in [0, 0.1) is 0 Å². The smallest absolute Gasteiger partial charge is 0.119 e. The van der Waals surface area contributed by atoms with E-state index in [9.17, 15) is 0 Å². The molecular formula is C21H26O2. The van der Waals surface area contributed by atoms with Crippen molar-refractivity contribution < 1.29 is 9.84 Å². The lowest BCUT2D eigenvalue weighted by atomic mass is 10.1. The minimum absolute atomic E-state index is 0.298. The molecule has 0 heterocycles. The zero-order valence-electron chi connectivity index (χ0n) is 13.7. The second kappa shape index (κ2) is 10.6. The number of aliphatic hydroxyl groups excluding tert-OH is 1. The standard InChI is InChI=1S/C21H26O2/c22-17-9-4-2-1-3-6-10-19-13-15-21(16-14-19)23-18-20-11-7-5-8-12-20/h1,3,5,7-8,11-16,22H,2,4,6,9-10,17-18H2/b3-1+. The quantitative estimate of drug-likeness (QED) is 0.499. The van der Waals surface area contributed by atoms with Crippen LogP contribution < -0.4 is 4.74 Å². The van der Waals surface area contributed by atoms with Crippen LogP contribution in [0.15, 0.2) is 66.7 Å². The van der Waals surface area contributed by atoms with E-state index in [1.807, 2.05) is 30.3 Å². The van der Waals surface area contributed by atoms with Crippen LogP contribution in [0.4, 0.5) is 0 Å². The van der Waals surface area contributed by atoms with Crippen LogP contribution in [-0.4, -0.2) is 11.7 Å². The third kappa shape index (κ3) is 7.16. The van der Waals surface area contributed by atoms with Crippen LogP contribution in [0.1, 0.15) is 36.8 Å². The Morgan fingerprint density at radius 1 is 0.783 bits per heavy atom. The molecule has 2 aromatic rings. The van der Waals surface area contributed by atoms with Crippen molar-refractivity contribution in [1.29, 1.82) is 0 Å². The van der Waals surface area contributed by atoms with Crippen molar-refractivity contribution in [1.82, 2.24) is 0 Å². The number of hydrogen-bond acceptors (Lipinski definition) is 2. The van der Waals surface area contributed by atoms with Crippen LogP contribution in [0.2, 0.25) is 0 Å². The van der Waals surface area contributed by atoms with Gasteiger partial charge in [0, 0.05) is 6.61 Å². The van der Waals surface area contributed by atoms with Gasteiger partial charge in [-0.05, 0) is 55.4 Å². The number of rotatable bonds is 10. The molecular weight excluding hydrogens is 284 g/mol. The van der Waals surface area contributed by atoms with Crippen molar-refractivity contribution in [3.05, 3.63) is 77.9 Å². The summed E-state index contributed by atoms with van der Waals surface area (Å²) in [5.74, 6) is 0.914. The Labute approximate surface area is 139 Å². The number of unbranched alkanes of at least 4 members (excludes halogenated alkanes) is 2. The Hall–Kier alpha value is -2.06. The maximum atomic E-state index is 8.71. The van der Waals surface area contributed by atoms with Gasteiger partial charge in [-0.15, -0.1) is 0 Å². The lowest BCUT2D eigenvalue weighted by Gasteiger charge is -2.07. The highest BCUT2D eigenvalue weighted by Crippen LogP contribution is 2.15. The zero-order valence-corrected chi connectivity index (χ0v) is 13.7. The van der Waals surface area contributed by atoms with E-state index in [0.717, 1.165) is 37.9 Å². The van der Waals surface area contributed by atoms with Crippen LogP contribution >= 0.6 is 0 Å². The summed E-state index contributed by atoms with van der Waals surface area (Å²) < 4.78 is 5.79. The molecule has 0 aromatic heterocycles. The van der Waals surface area contributed by atoms with Gasteiger partial charge in [0.1, 0.15) is 12.4 Å². The van der Waals surface area contributed by atoms with Crippen LogP contribution in [0.3, 0.4) is 0 Å². The van der Waals surface area contributed by atoms with E-state index in [2.05, 4.69) is 36.4 Å². The zero-order chi connectivity index (χ0) is 16.2. The first kappa shape index (κ1) is 17.3. The van der Waals surface area contributed by atoms with Gasteiger partial charge in [0.25, 0.3) is 0 Å². The van der Waals surface area contributed by atoms with Gasteiger partial charge < -0.3 is 9.84 Å². The number of aliphatic hydroxyl groups is 1. The molecule has 2 heteroatoms. The first-order chi connectivity index (χ1) is 11.4. The number of benzene rings is 2. The average Bonchev–Trinajstić information content (AvgIpc) is 2.61. The number of aryl methyl sites for hydroxylation is 1. The predicted octanol–water partition coefficient (Wildman–Crippen LogP) is 4.92. The van der Waals surface area contributed by atoms with E-state index >= 15 is 0 Å². The fraction of sp³-hybridized carbons (Fsp3) is 0.333. The molecule has 0 saturated heterocycles. The Morgan fingerprint density at radius 2 is 1.52 bits per heavy atom. The highest BCUT2D eigenvalue weighted by Gasteiger charge is 1.97. The first-order valence-corrected chi connectivity index (χ1v) is 8.40. The van der Waals surface area contributed by atoms with Crippen LogP contribution in [0.25, 0.3) is 0 Å². The van der Waals surface area contributed by atoms with Gasteiger partial charge >= 0.3 is 0 Å². The summed E-state index contributed by atoms with van der Waals surface area (Å²) in [6.07, 6.45) is 9.59. The van der Waals surface area contributed by atoms with Crippen molar-refractivity contribution in [2.45, 2.75) is 38.7 Å². The van der Waals surface area contributed by atoms with Crippen molar-refractivity contribution in [3.63, 3.8) is 0 Å². The second-order valence-electron chi connectivity index (χ2n) is 5.65. The highest BCUT2D eigenvalue weighted by molar-refractivity contribution is 5.28. The molecule has 0 aliphatic heterocycles. The van der Waals surface area contributed by atoms with Gasteiger partial charge in [-0.3, -0.25) is 0 Å². The van der Waals surface area contributed by atoms with Gasteiger partial charge in [-0.1, -0.05) is 54.6 Å². The molecule has 23 heavy (non-hydrogen) atoms. The normalized spacial score (nSPS) is 11.0. The molecule has 0 saturated carbocycles.